The van der Waals surface area contributed by atoms with Gasteiger partial charge in [0, 0.05) is 6.42 Å². The molecule has 2 unspecified atom stereocenters. The van der Waals surface area contributed by atoms with Crippen molar-refractivity contribution in [2.75, 3.05) is 0 Å². The normalized spacial score (nSPS) is 26.0. The predicted octanol–water partition coefficient (Wildman–Crippen LogP) is 3.15. The standard InChI is InChI=1S/C14H20O2/c1-14(2,3)11-6-4-10(5-7-11)12-8-9-13(15)16-12/h4-7,12-13,15H,8-9H2,1-3H3. The lowest BCUT2D eigenvalue weighted by molar-refractivity contribution is -0.0914. The van der Waals surface area contributed by atoms with Crippen LogP contribution in [0.15, 0.2) is 24.3 Å². The molecule has 0 spiro atoms. The van der Waals surface area contributed by atoms with Crippen LogP contribution in [0.2, 0.25) is 0 Å². The van der Waals surface area contributed by atoms with Gasteiger partial charge >= 0.3 is 0 Å². The van der Waals surface area contributed by atoms with Crippen LogP contribution >= 0.6 is 0 Å². The summed E-state index contributed by atoms with van der Waals surface area (Å²) in [6.45, 7) is 6.62. The Kier molecular flexibility index (Phi) is 3.04. The van der Waals surface area contributed by atoms with Crippen LogP contribution in [-0.4, -0.2) is 11.4 Å². The molecule has 1 N–H and O–H groups in total. The van der Waals surface area contributed by atoms with Gasteiger partial charge in [0.2, 0.25) is 0 Å². The fraction of sp³-hybridized carbons (Fsp3) is 0.571. The van der Waals surface area contributed by atoms with Gasteiger partial charge in [-0.3, -0.25) is 0 Å². The van der Waals surface area contributed by atoms with Crippen molar-refractivity contribution in [2.24, 2.45) is 0 Å². The van der Waals surface area contributed by atoms with Gasteiger partial charge < -0.3 is 9.84 Å². The van der Waals surface area contributed by atoms with Gasteiger partial charge in [-0.15, -0.1) is 0 Å². The van der Waals surface area contributed by atoms with Crippen LogP contribution in [0.25, 0.3) is 0 Å². The van der Waals surface area contributed by atoms with Crippen LogP contribution in [0.3, 0.4) is 0 Å². The Hall–Kier alpha value is -0.860. The lowest BCUT2D eigenvalue weighted by Crippen LogP contribution is -2.11. The van der Waals surface area contributed by atoms with E-state index in [2.05, 4.69) is 45.0 Å². The van der Waals surface area contributed by atoms with Crippen LogP contribution in [-0.2, 0) is 10.2 Å². The van der Waals surface area contributed by atoms with Crippen molar-refractivity contribution in [1.29, 1.82) is 0 Å². The largest absolute Gasteiger partial charge is 0.368 e. The quantitative estimate of drug-likeness (QED) is 0.787. The molecule has 1 saturated heterocycles. The minimum Gasteiger partial charge on any atom is -0.368 e. The van der Waals surface area contributed by atoms with Crippen molar-refractivity contribution < 1.29 is 9.84 Å². The smallest absolute Gasteiger partial charge is 0.155 e. The van der Waals surface area contributed by atoms with Gasteiger partial charge in [0.15, 0.2) is 6.29 Å². The highest BCUT2D eigenvalue weighted by Gasteiger charge is 2.24. The number of aliphatic hydroxyl groups is 1. The second-order valence-electron chi connectivity index (χ2n) is 5.53. The first-order chi connectivity index (χ1) is 7.47. The van der Waals surface area contributed by atoms with Gasteiger partial charge in [0.05, 0.1) is 6.10 Å². The lowest BCUT2D eigenvalue weighted by Gasteiger charge is -2.20. The molecular formula is C14H20O2. The van der Waals surface area contributed by atoms with Gasteiger partial charge in [-0.2, -0.15) is 0 Å². The van der Waals surface area contributed by atoms with E-state index in [4.69, 9.17) is 4.74 Å². The molecule has 0 radical (unpaired) electrons. The number of benzene rings is 1. The van der Waals surface area contributed by atoms with Crippen molar-refractivity contribution in [1.82, 2.24) is 0 Å². The zero-order chi connectivity index (χ0) is 11.8. The molecule has 0 bridgehead atoms. The summed E-state index contributed by atoms with van der Waals surface area (Å²) in [6, 6.07) is 8.54. The third-order valence-corrected chi connectivity index (χ3v) is 3.15. The second kappa shape index (κ2) is 4.19. The van der Waals surface area contributed by atoms with Gasteiger partial charge in [-0.05, 0) is 23.0 Å². The van der Waals surface area contributed by atoms with E-state index in [1.807, 2.05) is 0 Å². The molecule has 2 rings (SSSR count). The van der Waals surface area contributed by atoms with Crippen molar-refractivity contribution in [3.63, 3.8) is 0 Å². The average Bonchev–Trinajstić information content (AvgIpc) is 2.64. The molecule has 1 aromatic rings. The first-order valence-corrected chi connectivity index (χ1v) is 5.91. The molecule has 1 aromatic carbocycles. The minimum atomic E-state index is -0.577. The Balaban J connectivity index is 2.14. The van der Waals surface area contributed by atoms with Crippen LogP contribution in [0, 0.1) is 0 Å². The monoisotopic (exact) mass is 220 g/mol. The van der Waals surface area contributed by atoms with Crippen molar-refractivity contribution in [3.8, 4) is 0 Å². The van der Waals surface area contributed by atoms with Crippen molar-refractivity contribution in [2.45, 2.75) is 51.4 Å². The Morgan fingerprint density at radius 2 is 1.75 bits per heavy atom. The van der Waals surface area contributed by atoms with E-state index in [0.29, 0.717) is 0 Å². The summed E-state index contributed by atoms with van der Waals surface area (Å²) >= 11 is 0. The van der Waals surface area contributed by atoms with E-state index in [-0.39, 0.29) is 11.5 Å². The first-order valence-electron chi connectivity index (χ1n) is 5.91. The molecule has 2 nitrogen and oxygen atoms in total. The Bertz CT molecular complexity index is 348. The molecule has 1 heterocycles. The highest BCUT2D eigenvalue weighted by molar-refractivity contribution is 5.29. The zero-order valence-electron chi connectivity index (χ0n) is 10.2. The highest BCUT2D eigenvalue weighted by atomic mass is 16.6. The number of hydrogen-bond acceptors (Lipinski definition) is 2. The minimum absolute atomic E-state index is 0.0732. The summed E-state index contributed by atoms with van der Waals surface area (Å²) in [5, 5.41) is 9.32. The molecule has 0 aliphatic carbocycles. The molecule has 2 heteroatoms. The van der Waals surface area contributed by atoms with E-state index in [1.165, 1.54) is 11.1 Å². The summed E-state index contributed by atoms with van der Waals surface area (Å²) in [6.07, 6.45) is 1.15. The van der Waals surface area contributed by atoms with E-state index in [9.17, 15) is 5.11 Å². The molecule has 1 aliphatic heterocycles. The number of ether oxygens (including phenoxy) is 1. The molecular weight excluding hydrogens is 200 g/mol. The third kappa shape index (κ3) is 2.45. The summed E-state index contributed by atoms with van der Waals surface area (Å²) < 4.78 is 5.43. The Labute approximate surface area is 97.3 Å². The molecule has 0 amide bonds. The van der Waals surface area contributed by atoms with Gasteiger partial charge in [-0.25, -0.2) is 0 Å². The zero-order valence-corrected chi connectivity index (χ0v) is 10.2. The van der Waals surface area contributed by atoms with E-state index in [0.717, 1.165) is 12.8 Å². The maximum Gasteiger partial charge on any atom is 0.155 e. The topological polar surface area (TPSA) is 29.5 Å². The molecule has 0 aromatic heterocycles. The summed E-state index contributed by atoms with van der Waals surface area (Å²) in [5.41, 5.74) is 2.69. The fourth-order valence-electron chi connectivity index (χ4n) is 2.06. The second-order valence-corrected chi connectivity index (χ2v) is 5.53. The summed E-state index contributed by atoms with van der Waals surface area (Å²) in [4.78, 5) is 0. The number of rotatable bonds is 1. The summed E-state index contributed by atoms with van der Waals surface area (Å²) in [5.74, 6) is 0. The van der Waals surface area contributed by atoms with Gasteiger partial charge in [0.25, 0.3) is 0 Å². The van der Waals surface area contributed by atoms with Crippen LogP contribution in [0.1, 0.15) is 50.8 Å². The maximum atomic E-state index is 9.32. The molecule has 88 valence electrons. The van der Waals surface area contributed by atoms with Gasteiger partial charge in [-0.1, -0.05) is 45.0 Å². The molecule has 0 saturated carbocycles. The van der Waals surface area contributed by atoms with Crippen LogP contribution < -0.4 is 0 Å². The molecule has 16 heavy (non-hydrogen) atoms. The fourth-order valence-corrected chi connectivity index (χ4v) is 2.06. The highest BCUT2D eigenvalue weighted by Crippen LogP contribution is 2.32. The predicted molar refractivity (Wildman–Crippen MR) is 64.2 cm³/mol. The van der Waals surface area contributed by atoms with Crippen LogP contribution in [0.4, 0.5) is 0 Å². The van der Waals surface area contributed by atoms with Crippen molar-refractivity contribution >= 4 is 0 Å². The molecule has 1 fully saturated rings. The number of aliphatic hydroxyl groups excluding tert-OH is 1. The van der Waals surface area contributed by atoms with E-state index < -0.39 is 6.29 Å². The SMILES string of the molecule is CC(C)(C)c1ccc(C2CCC(O)O2)cc1. The Morgan fingerprint density at radius 1 is 1.12 bits per heavy atom. The molecule has 1 aliphatic rings. The third-order valence-electron chi connectivity index (χ3n) is 3.15. The Morgan fingerprint density at radius 3 is 2.19 bits per heavy atom. The first kappa shape index (κ1) is 11.6. The van der Waals surface area contributed by atoms with Crippen LogP contribution in [0.5, 0.6) is 0 Å². The van der Waals surface area contributed by atoms with E-state index >= 15 is 0 Å². The van der Waals surface area contributed by atoms with Gasteiger partial charge in [0.1, 0.15) is 0 Å². The van der Waals surface area contributed by atoms with E-state index in [1.54, 1.807) is 0 Å². The van der Waals surface area contributed by atoms with Crippen molar-refractivity contribution in [3.05, 3.63) is 35.4 Å². The average molecular weight is 220 g/mol. The maximum absolute atomic E-state index is 9.32. The lowest BCUT2D eigenvalue weighted by atomic mass is 9.86. The summed E-state index contributed by atoms with van der Waals surface area (Å²) in [7, 11) is 0. The molecule has 2 atom stereocenters. The number of hydrogen-bond donors (Lipinski definition) is 1.